The van der Waals surface area contributed by atoms with Gasteiger partial charge in [0.2, 0.25) is 0 Å². The summed E-state index contributed by atoms with van der Waals surface area (Å²) in [4.78, 5) is 27.7. The molecule has 0 aromatic rings. The molecule has 0 aliphatic heterocycles. The maximum Gasteiger partial charge on any atom is 0.481 e. The van der Waals surface area contributed by atoms with E-state index in [-0.39, 0.29) is 5.41 Å². The topological polar surface area (TPSA) is 113 Å². The average Bonchev–Trinajstić information content (AvgIpc) is 3.09. The summed E-state index contributed by atoms with van der Waals surface area (Å²) in [5.74, 6) is 4.49. The fraction of sp³-hybridized carbons (Fsp3) is 0.926. The molecular weight excluding hydrogens is 498 g/mol. The number of allylic oxidation sites excluding steroid dienone is 1. The highest BCUT2D eigenvalue weighted by atomic mass is 31.3. The van der Waals surface area contributed by atoms with Crippen LogP contribution < -0.4 is 0 Å². The van der Waals surface area contributed by atoms with Crippen molar-refractivity contribution in [1.82, 2.24) is 0 Å². The Bertz CT molecular complexity index is 929. The molecule has 3 saturated carbocycles. The van der Waals surface area contributed by atoms with E-state index in [1.54, 1.807) is 0 Å². The van der Waals surface area contributed by atoms with Crippen molar-refractivity contribution in [2.24, 2.45) is 46.3 Å². The van der Waals surface area contributed by atoms with Crippen molar-refractivity contribution in [3.63, 3.8) is 0 Å². The summed E-state index contributed by atoms with van der Waals surface area (Å²) in [6, 6.07) is 0. The summed E-state index contributed by atoms with van der Waals surface area (Å²) < 4.78 is 32.4. The van der Waals surface area contributed by atoms with Gasteiger partial charge in [0.15, 0.2) is 0 Å². The normalized spacial score (nSPS) is 41.1. The van der Waals surface area contributed by atoms with Crippen LogP contribution in [0.1, 0.15) is 105 Å². The van der Waals surface area contributed by atoms with Crippen LogP contribution in [0.4, 0.5) is 0 Å². The summed E-state index contributed by atoms with van der Waals surface area (Å²) in [6.45, 7) is 12.1. The van der Waals surface area contributed by atoms with Gasteiger partial charge in [0, 0.05) is 0 Å². The molecular formula is C27H48O7P2. The van der Waals surface area contributed by atoms with Crippen LogP contribution in [0.2, 0.25) is 0 Å². The van der Waals surface area contributed by atoms with Gasteiger partial charge in [0.1, 0.15) is 0 Å². The van der Waals surface area contributed by atoms with Gasteiger partial charge in [-0.05, 0) is 97.7 Å². The zero-order valence-electron chi connectivity index (χ0n) is 22.8. The molecule has 4 rings (SSSR count). The molecule has 0 saturated heterocycles. The number of phosphoric acid groups is 2. The minimum Gasteiger partial charge on any atom is -0.302 e. The maximum atomic E-state index is 12.1. The molecule has 3 fully saturated rings. The van der Waals surface area contributed by atoms with Gasteiger partial charge in [-0.3, -0.25) is 4.52 Å². The van der Waals surface area contributed by atoms with Gasteiger partial charge < -0.3 is 14.7 Å². The fourth-order valence-corrected chi connectivity index (χ4v) is 10.9. The Balaban J connectivity index is 1.44. The van der Waals surface area contributed by atoms with E-state index in [2.05, 4.69) is 45.0 Å². The summed E-state index contributed by atoms with van der Waals surface area (Å²) in [7, 11) is -9.94. The highest BCUT2D eigenvalue weighted by molar-refractivity contribution is 7.60. The first-order valence-corrected chi connectivity index (χ1v) is 17.1. The molecule has 0 heterocycles. The lowest BCUT2D eigenvalue weighted by molar-refractivity contribution is -0.0569. The molecule has 7 nitrogen and oxygen atoms in total. The van der Waals surface area contributed by atoms with Crippen molar-refractivity contribution >= 4 is 15.6 Å². The molecule has 9 heteroatoms. The SMILES string of the molecule is CC(C)CCC[C@@H](C)C1CCC2[C@@H]3CC=C4C[C@@H](OP(=O)(O)OP(=O)(O)O)CC[C@]4(C)C3CC[C@@]21C. The Morgan fingerprint density at radius 3 is 2.39 bits per heavy atom. The first kappa shape index (κ1) is 29.0. The van der Waals surface area contributed by atoms with Gasteiger partial charge in [0.25, 0.3) is 0 Å². The third-order valence-electron chi connectivity index (χ3n) is 10.8. The molecule has 4 aliphatic rings. The first-order chi connectivity index (χ1) is 16.6. The second-order valence-corrected chi connectivity index (χ2v) is 16.1. The third kappa shape index (κ3) is 5.93. The molecule has 36 heavy (non-hydrogen) atoms. The van der Waals surface area contributed by atoms with E-state index in [0.717, 1.165) is 36.5 Å². The Morgan fingerprint density at radius 1 is 1.00 bits per heavy atom. The zero-order valence-corrected chi connectivity index (χ0v) is 24.6. The maximum absolute atomic E-state index is 12.1. The van der Waals surface area contributed by atoms with Gasteiger partial charge in [-0.2, -0.15) is 4.31 Å². The second kappa shape index (κ2) is 10.5. The van der Waals surface area contributed by atoms with Gasteiger partial charge in [-0.15, -0.1) is 0 Å². The molecule has 0 amide bonds. The van der Waals surface area contributed by atoms with Crippen LogP contribution in [0.5, 0.6) is 0 Å². The Hall–Kier alpha value is -0.0000000000000000416. The lowest BCUT2D eigenvalue weighted by atomic mass is 9.47. The average molecular weight is 547 g/mol. The Labute approximate surface area is 217 Å². The zero-order chi connectivity index (χ0) is 26.5. The summed E-state index contributed by atoms with van der Waals surface area (Å²) in [5.41, 5.74) is 1.79. The van der Waals surface area contributed by atoms with Gasteiger partial charge in [-0.1, -0.05) is 65.5 Å². The largest absolute Gasteiger partial charge is 0.481 e. The van der Waals surface area contributed by atoms with Crippen molar-refractivity contribution < 1.29 is 32.6 Å². The van der Waals surface area contributed by atoms with Crippen LogP contribution >= 0.6 is 15.6 Å². The molecule has 4 unspecified atom stereocenters. The summed E-state index contributed by atoms with van der Waals surface area (Å²) in [5, 5.41) is 0. The van der Waals surface area contributed by atoms with E-state index < -0.39 is 21.7 Å². The van der Waals surface area contributed by atoms with E-state index in [9.17, 15) is 14.0 Å². The van der Waals surface area contributed by atoms with Crippen molar-refractivity contribution in [2.45, 2.75) is 111 Å². The van der Waals surface area contributed by atoms with Crippen molar-refractivity contribution in [3.05, 3.63) is 11.6 Å². The van der Waals surface area contributed by atoms with Gasteiger partial charge in [0.05, 0.1) is 6.10 Å². The lowest BCUT2D eigenvalue weighted by Crippen LogP contribution is -2.51. The summed E-state index contributed by atoms with van der Waals surface area (Å²) >= 11 is 0. The standard InChI is InChI=1S/C27H48O7P2/c1-18(2)7-6-8-19(3)23-11-12-24-22-10-9-20-17-21(33-36(31,32)34-35(28,29)30)13-15-26(20,4)25(22)14-16-27(23,24)5/h9,18-19,21-25H,6-8,10-17H2,1-5H3,(H,31,32)(H2,28,29,30)/t19-,21+,22+,23?,24?,25?,26+,27-/m1/s1. The van der Waals surface area contributed by atoms with Crippen LogP contribution in [0.15, 0.2) is 11.6 Å². The molecule has 0 radical (unpaired) electrons. The first-order valence-electron chi connectivity index (χ1n) is 14.1. The second-order valence-electron chi connectivity index (χ2n) is 13.3. The molecule has 3 N–H and O–H groups in total. The van der Waals surface area contributed by atoms with Crippen molar-refractivity contribution in [2.75, 3.05) is 0 Å². The molecule has 0 spiro atoms. The van der Waals surface area contributed by atoms with Crippen LogP contribution in [-0.2, 0) is 18.0 Å². The number of hydrogen-bond donors (Lipinski definition) is 3. The van der Waals surface area contributed by atoms with E-state index in [4.69, 9.17) is 14.3 Å². The van der Waals surface area contributed by atoms with Crippen LogP contribution in [0, 0.1) is 46.3 Å². The minimum absolute atomic E-state index is 0.0641. The van der Waals surface area contributed by atoms with Crippen LogP contribution in [0.25, 0.3) is 0 Å². The number of hydrogen-bond acceptors (Lipinski definition) is 4. The smallest absolute Gasteiger partial charge is 0.302 e. The highest BCUT2D eigenvalue weighted by Crippen LogP contribution is 2.68. The number of fused-ring (bicyclic) bond motifs is 5. The predicted molar refractivity (Wildman–Crippen MR) is 141 cm³/mol. The molecule has 0 aromatic heterocycles. The molecule has 0 bridgehead atoms. The highest BCUT2D eigenvalue weighted by Gasteiger charge is 2.59. The molecule has 0 aromatic carbocycles. The molecule has 208 valence electrons. The van der Waals surface area contributed by atoms with E-state index in [0.29, 0.717) is 30.1 Å². The predicted octanol–water partition coefficient (Wildman–Crippen LogP) is 7.62. The number of rotatable bonds is 9. The van der Waals surface area contributed by atoms with Crippen LogP contribution in [-0.4, -0.2) is 20.8 Å². The van der Waals surface area contributed by atoms with E-state index >= 15 is 0 Å². The number of phosphoric ester groups is 1. The summed E-state index contributed by atoms with van der Waals surface area (Å²) in [6.07, 6.45) is 14.1. The van der Waals surface area contributed by atoms with Gasteiger partial charge >= 0.3 is 15.6 Å². The Kier molecular flexibility index (Phi) is 8.48. The molecule has 4 aliphatic carbocycles. The van der Waals surface area contributed by atoms with E-state index in [1.165, 1.54) is 50.5 Å². The van der Waals surface area contributed by atoms with E-state index in [1.807, 2.05) is 0 Å². The lowest BCUT2D eigenvalue weighted by Gasteiger charge is -2.58. The quantitative estimate of drug-likeness (QED) is 0.201. The third-order valence-corrected chi connectivity index (χ3v) is 13.0. The molecule has 9 atom stereocenters. The van der Waals surface area contributed by atoms with Crippen molar-refractivity contribution in [3.8, 4) is 0 Å². The minimum atomic E-state index is -5.11. The monoisotopic (exact) mass is 546 g/mol. The van der Waals surface area contributed by atoms with Crippen molar-refractivity contribution in [1.29, 1.82) is 0 Å². The van der Waals surface area contributed by atoms with Gasteiger partial charge in [-0.25, -0.2) is 9.13 Å². The Morgan fingerprint density at radius 2 is 1.72 bits per heavy atom. The fourth-order valence-electron chi connectivity index (χ4n) is 9.08. The van der Waals surface area contributed by atoms with Crippen LogP contribution in [0.3, 0.4) is 0 Å².